The van der Waals surface area contributed by atoms with E-state index in [1.807, 2.05) is 24.3 Å². The maximum Gasteiger partial charge on any atom is 0.339 e. The molecule has 0 amide bonds. The van der Waals surface area contributed by atoms with E-state index in [1.54, 1.807) is 0 Å². The van der Waals surface area contributed by atoms with E-state index in [-0.39, 0.29) is 11.3 Å². The van der Waals surface area contributed by atoms with Crippen LogP contribution in [0.3, 0.4) is 0 Å². The van der Waals surface area contributed by atoms with Gasteiger partial charge in [0.15, 0.2) is 0 Å². The molecule has 20 heavy (non-hydrogen) atoms. The van der Waals surface area contributed by atoms with E-state index in [4.69, 9.17) is 21.4 Å². The quantitative estimate of drug-likeness (QED) is 0.777. The number of fused-ring (bicyclic) bond motifs is 1. The third-order valence-corrected chi connectivity index (χ3v) is 3.80. The lowest BCUT2D eigenvalue weighted by molar-refractivity contribution is 0.0694. The summed E-state index contributed by atoms with van der Waals surface area (Å²) < 4.78 is 6.55. The standard InChI is InChI=1S/C14H8ClNO3S/c15-8-5-6-9(13(17)18)11(7-8)19-14-16-10-3-1-2-4-12(10)20-14/h1-7H,(H,17,18). The summed E-state index contributed by atoms with van der Waals surface area (Å²) in [6, 6.07) is 12.0. The van der Waals surface area contributed by atoms with Crippen molar-refractivity contribution in [3.63, 3.8) is 0 Å². The number of halogens is 1. The largest absolute Gasteiger partial charge is 0.478 e. The summed E-state index contributed by atoms with van der Waals surface area (Å²) in [6.45, 7) is 0. The Labute approximate surface area is 123 Å². The van der Waals surface area contributed by atoms with Crippen molar-refractivity contribution in [2.45, 2.75) is 0 Å². The smallest absolute Gasteiger partial charge is 0.339 e. The van der Waals surface area contributed by atoms with Crippen LogP contribution in [0, 0.1) is 0 Å². The number of ether oxygens (including phenoxy) is 1. The van der Waals surface area contributed by atoms with Gasteiger partial charge in [0.2, 0.25) is 0 Å². The average Bonchev–Trinajstić information content (AvgIpc) is 2.80. The molecule has 3 rings (SSSR count). The molecule has 3 aromatic rings. The highest BCUT2D eigenvalue weighted by molar-refractivity contribution is 7.20. The van der Waals surface area contributed by atoms with Crippen LogP contribution >= 0.6 is 22.9 Å². The molecule has 0 radical (unpaired) electrons. The molecule has 0 bridgehead atoms. The Morgan fingerprint density at radius 2 is 2.05 bits per heavy atom. The monoisotopic (exact) mass is 305 g/mol. The molecule has 2 aromatic carbocycles. The lowest BCUT2D eigenvalue weighted by Gasteiger charge is -2.05. The summed E-state index contributed by atoms with van der Waals surface area (Å²) in [5.41, 5.74) is 0.861. The highest BCUT2D eigenvalue weighted by Gasteiger charge is 2.14. The van der Waals surface area contributed by atoms with Crippen molar-refractivity contribution >= 4 is 39.1 Å². The van der Waals surface area contributed by atoms with Gasteiger partial charge in [0, 0.05) is 11.1 Å². The van der Waals surface area contributed by atoms with Crippen molar-refractivity contribution in [2.75, 3.05) is 0 Å². The van der Waals surface area contributed by atoms with Gasteiger partial charge in [-0.05, 0) is 24.3 Å². The van der Waals surface area contributed by atoms with Crippen molar-refractivity contribution in [3.05, 3.63) is 53.1 Å². The van der Waals surface area contributed by atoms with E-state index < -0.39 is 5.97 Å². The third-order valence-electron chi connectivity index (χ3n) is 2.65. The van der Waals surface area contributed by atoms with Crippen LogP contribution in [0.5, 0.6) is 10.9 Å². The summed E-state index contributed by atoms with van der Waals surface area (Å²) in [6.07, 6.45) is 0. The molecule has 0 aliphatic heterocycles. The molecule has 100 valence electrons. The molecule has 6 heteroatoms. The predicted molar refractivity (Wildman–Crippen MR) is 78.1 cm³/mol. The third kappa shape index (κ3) is 2.45. The first kappa shape index (κ1) is 12.9. The first-order chi connectivity index (χ1) is 9.63. The first-order valence-corrected chi connectivity index (χ1v) is 6.89. The minimum absolute atomic E-state index is 0.0497. The second kappa shape index (κ2) is 5.11. The van der Waals surface area contributed by atoms with Crippen LogP contribution in [-0.2, 0) is 0 Å². The van der Waals surface area contributed by atoms with E-state index >= 15 is 0 Å². The summed E-state index contributed by atoms with van der Waals surface area (Å²) in [5, 5.41) is 9.93. The van der Waals surface area contributed by atoms with Crippen molar-refractivity contribution < 1.29 is 14.6 Å². The zero-order chi connectivity index (χ0) is 14.1. The van der Waals surface area contributed by atoms with Crippen molar-refractivity contribution in [3.8, 4) is 10.9 Å². The minimum atomic E-state index is -1.07. The van der Waals surface area contributed by atoms with Crippen molar-refractivity contribution in [1.29, 1.82) is 0 Å². The Hall–Kier alpha value is -2.11. The summed E-state index contributed by atoms with van der Waals surface area (Å²) >= 11 is 7.23. The average molecular weight is 306 g/mol. The van der Waals surface area contributed by atoms with E-state index in [0.29, 0.717) is 10.2 Å². The second-order valence-electron chi connectivity index (χ2n) is 4.00. The molecule has 1 aromatic heterocycles. The molecule has 0 aliphatic carbocycles. The highest BCUT2D eigenvalue weighted by Crippen LogP contribution is 2.33. The van der Waals surface area contributed by atoms with Gasteiger partial charge in [0.05, 0.1) is 10.2 Å². The van der Waals surface area contributed by atoms with Crippen LogP contribution in [0.25, 0.3) is 10.2 Å². The Morgan fingerprint density at radius 1 is 1.25 bits per heavy atom. The number of hydrogen-bond acceptors (Lipinski definition) is 4. The van der Waals surface area contributed by atoms with E-state index in [2.05, 4.69) is 4.98 Å². The SMILES string of the molecule is O=C(O)c1ccc(Cl)cc1Oc1nc2ccccc2s1. The summed E-state index contributed by atoms with van der Waals surface area (Å²) in [5.74, 6) is -0.887. The van der Waals surface area contributed by atoms with Gasteiger partial charge in [-0.3, -0.25) is 0 Å². The molecule has 0 spiro atoms. The molecule has 4 nitrogen and oxygen atoms in total. The van der Waals surface area contributed by atoms with Gasteiger partial charge in [-0.25, -0.2) is 9.78 Å². The van der Waals surface area contributed by atoms with Crippen LogP contribution in [0.2, 0.25) is 5.02 Å². The van der Waals surface area contributed by atoms with E-state index in [1.165, 1.54) is 29.5 Å². The topological polar surface area (TPSA) is 59.4 Å². The molecule has 0 atom stereocenters. The number of carboxylic acids is 1. The molecule has 0 saturated carbocycles. The van der Waals surface area contributed by atoms with Gasteiger partial charge < -0.3 is 9.84 Å². The lowest BCUT2D eigenvalue weighted by Crippen LogP contribution is -1.99. The molecule has 0 saturated heterocycles. The fourth-order valence-electron chi connectivity index (χ4n) is 1.75. The highest BCUT2D eigenvalue weighted by atomic mass is 35.5. The van der Waals surface area contributed by atoms with Crippen molar-refractivity contribution in [2.24, 2.45) is 0 Å². The van der Waals surface area contributed by atoms with E-state index in [0.717, 1.165) is 10.2 Å². The van der Waals surface area contributed by atoms with Gasteiger partial charge in [-0.1, -0.05) is 35.1 Å². The van der Waals surface area contributed by atoms with Crippen LogP contribution in [-0.4, -0.2) is 16.1 Å². The number of rotatable bonds is 3. The van der Waals surface area contributed by atoms with Gasteiger partial charge in [-0.15, -0.1) is 0 Å². The van der Waals surface area contributed by atoms with Crippen LogP contribution < -0.4 is 4.74 Å². The van der Waals surface area contributed by atoms with Gasteiger partial charge in [-0.2, -0.15) is 0 Å². The molecule has 1 N–H and O–H groups in total. The zero-order valence-electron chi connectivity index (χ0n) is 10.0. The van der Waals surface area contributed by atoms with Crippen LogP contribution in [0.1, 0.15) is 10.4 Å². The number of carbonyl (C=O) groups is 1. The Balaban J connectivity index is 2.01. The predicted octanol–water partition coefficient (Wildman–Crippen LogP) is 4.44. The number of aromatic nitrogens is 1. The number of aromatic carboxylic acids is 1. The number of carboxylic acid groups (broad SMARTS) is 1. The Kier molecular flexibility index (Phi) is 3.30. The van der Waals surface area contributed by atoms with Gasteiger partial charge in [0.1, 0.15) is 11.3 Å². The molecular formula is C14H8ClNO3S. The lowest BCUT2D eigenvalue weighted by atomic mass is 10.2. The Bertz CT molecular complexity index is 767. The van der Waals surface area contributed by atoms with Crippen LogP contribution in [0.4, 0.5) is 0 Å². The van der Waals surface area contributed by atoms with Crippen molar-refractivity contribution in [1.82, 2.24) is 4.98 Å². The molecular weight excluding hydrogens is 298 g/mol. The first-order valence-electron chi connectivity index (χ1n) is 5.70. The fourth-order valence-corrected chi connectivity index (χ4v) is 2.74. The molecule has 0 aliphatic rings. The van der Waals surface area contributed by atoms with Gasteiger partial charge >= 0.3 is 5.97 Å². The molecule has 0 unspecified atom stereocenters. The number of hydrogen-bond donors (Lipinski definition) is 1. The van der Waals surface area contributed by atoms with Crippen LogP contribution in [0.15, 0.2) is 42.5 Å². The van der Waals surface area contributed by atoms with Gasteiger partial charge in [0.25, 0.3) is 5.19 Å². The minimum Gasteiger partial charge on any atom is -0.478 e. The normalized spacial score (nSPS) is 10.7. The second-order valence-corrected chi connectivity index (χ2v) is 5.42. The number of benzene rings is 2. The number of thiazole rings is 1. The molecule has 0 fully saturated rings. The van der Waals surface area contributed by atoms with E-state index in [9.17, 15) is 4.79 Å². The number of nitrogens with zero attached hydrogens (tertiary/aromatic N) is 1. The summed E-state index contributed by atoms with van der Waals surface area (Å²) in [4.78, 5) is 15.5. The Morgan fingerprint density at radius 3 is 2.80 bits per heavy atom. The summed E-state index contributed by atoms with van der Waals surface area (Å²) in [7, 11) is 0. The number of para-hydroxylation sites is 1. The zero-order valence-corrected chi connectivity index (χ0v) is 11.6. The maximum atomic E-state index is 11.2. The molecule has 1 heterocycles. The fraction of sp³-hybridized carbons (Fsp3) is 0. The maximum absolute atomic E-state index is 11.2.